The van der Waals surface area contributed by atoms with Gasteiger partial charge >= 0.3 is 5.97 Å². The fraction of sp³-hybridized carbons (Fsp3) is 0.636. The van der Waals surface area contributed by atoms with Crippen molar-refractivity contribution in [1.82, 2.24) is 58.1 Å². The summed E-state index contributed by atoms with van der Waals surface area (Å²) < 4.78 is 0. The number of phenols is 1. The number of hydrogen-bond donors (Lipinski definition) is 19. The second kappa shape index (κ2) is 40.0. The number of carbonyl (C=O) groups excluding carboxylic acids is 13. The number of aliphatic hydroxyl groups is 2. The molecule has 1 fully saturated rings. The number of aliphatic hydroxyl groups excluding tert-OH is 2. The van der Waals surface area contributed by atoms with E-state index in [0.717, 1.165) is 11.8 Å². The van der Waals surface area contributed by atoms with E-state index in [2.05, 4.69) is 53.2 Å². The highest BCUT2D eigenvalue weighted by molar-refractivity contribution is 5.98. The van der Waals surface area contributed by atoms with Crippen LogP contribution in [0.25, 0.3) is 0 Å². The molecule has 1 aromatic carbocycles. The topological polar surface area (TPSA) is 574 Å². The van der Waals surface area contributed by atoms with Crippen LogP contribution in [0.15, 0.2) is 24.3 Å². The number of hydrogen-bond acceptors (Lipinski definition) is 20. The molecule has 1 heterocycles. The van der Waals surface area contributed by atoms with Gasteiger partial charge in [-0.25, -0.2) is 4.79 Å². The molecule has 0 aliphatic carbocycles. The molecule has 0 unspecified atom stereocenters. The Balaban J connectivity index is 2.15. The lowest BCUT2D eigenvalue weighted by molar-refractivity contribution is -0.142. The van der Waals surface area contributed by atoms with Crippen molar-refractivity contribution in [2.24, 2.45) is 34.6 Å². The fourth-order valence-electron chi connectivity index (χ4n) is 9.00. The summed E-state index contributed by atoms with van der Waals surface area (Å²) in [6.07, 6.45) is -0.902. The molecule has 1 saturated heterocycles. The van der Waals surface area contributed by atoms with Crippen molar-refractivity contribution in [3.63, 3.8) is 0 Å². The van der Waals surface area contributed by atoms with Crippen LogP contribution in [0, 0.1) is 5.92 Å². The molecule has 0 bridgehead atoms. The van der Waals surface area contributed by atoms with Gasteiger partial charge in [-0.15, -0.1) is 0 Å². The standard InChI is InChI=1S/C55H90N16O18/c1-29(2)23-37(69-49(82)34(9-4-6-20-56)66-51(84)38(24-31-12-14-32(74)15-13-31)68-47(80)33(58)16-18-41(59)75)48(81)61-25-44(78)65-39(28-72)52(85)67-35(10-5-7-21-57)50(83)70-46(30(3)73)54(87)63-27-45(79)71-22-8-11-40(71)53(86)62-26-43(77)64-36(55(88)89)17-19-42(60)76/h12-15,29-30,33-40,46,72-74H,4-11,16-28,56-58H2,1-3H3,(H2,59,75)(H2,60,76)(H,61,81)(H,62,86)(H,63,87)(H,64,77)(H,65,78)(H,66,84)(H,67,85)(H,68,80)(H,69,82)(H,70,83)(H,88,89)/t30-,33+,34+,35+,36+,37+,38+,39+,40+,46+/m1/s1. The van der Waals surface area contributed by atoms with Crippen LogP contribution in [0.5, 0.6) is 5.75 Å². The number of primary amides is 2. The number of rotatable bonds is 42. The van der Waals surface area contributed by atoms with Gasteiger partial charge in [0, 0.05) is 25.8 Å². The van der Waals surface area contributed by atoms with Crippen molar-refractivity contribution in [2.45, 2.75) is 171 Å². The fourth-order valence-corrected chi connectivity index (χ4v) is 9.00. The molecule has 13 amide bonds. The first-order chi connectivity index (χ1) is 42.0. The van der Waals surface area contributed by atoms with Crippen molar-refractivity contribution in [3.8, 4) is 5.75 Å². The molecule has 1 aliphatic heterocycles. The predicted molar refractivity (Wildman–Crippen MR) is 316 cm³/mol. The minimum atomic E-state index is -1.74. The van der Waals surface area contributed by atoms with E-state index in [1.807, 2.05) is 0 Å². The Kier molecular flexibility index (Phi) is 34.4. The maximum absolute atomic E-state index is 14.0. The van der Waals surface area contributed by atoms with Gasteiger partial charge in [0.05, 0.1) is 38.4 Å². The number of carboxylic acid groups (broad SMARTS) is 1. The number of phenolic OH excluding ortho intramolecular Hbond substituents is 1. The monoisotopic (exact) mass is 1260 g/mol. The van der Waals surface area contributed by atoms with E-state index in [1.165, 1.54) is 24.3 Å². The van der Waals surface area contributed by atoms with Crippen molar-refractivity contribution in [3.05, 3.63) is 29.8 Å². The number of nitrogens with two attached hydrogens (primary N) is 5. The highest BCUT2D eigenvalue weighted by Gasteiger charge is 2.37. The van der Waals surface area contributed by atoms with E-state index in [9.17, 15) is 87.5 Å². The number of aromatic hydroxyl groups is 1. The third-order valence-electron chi connectivity index (χ3n) is 13.9. The molecule has 89 heavy (non-hydrogen) atoms. The van der Waals surface area contributed by atoms with Gasteiger partial charge in [0.2, 0.25) is 76.8 Å². The van der Waals surface area contributed by atoms with E-state index in [0.29, 0.717) is 31.2 Å². The van der Waals surface area contributed by atoms with Crippen LogP contribution < -0.4 is 81.8 Å². The Bertz CT molecular complexity index is 2590. The number of carboxylic acids is 1. The molecule has 10 atom stereocenters. The summed E-state index contributed by atoms with van der Waals surface area (Å²) in [6.45, 7) is 1.88. The van der Waals surface area contributed by atoms with E-state index < -0.39 is 169 Å². The average Bonchev–Trinajstić information content (AvgIpc) is 3.08. The summed E-state index contributed by atoms with van der Waals surface area (Å²) in [4.78, 5) is 183. The lowest BCUT2D eigenvalue weighted by atomic mass is 10.0. The van der Waals surface area contributed by atoms with Gasteiger partial charge < -0.3 is 107 Å². The number of amides is 13. The molecular weight excluding hydrogens is 1170 g/mol. The van der Waals surface area contributed by atoms with E-state index in [1.54, 1.807) is 13.8 Å². The largest absolute Gasteiger partial charge is 0.508 e. The Morgan fingerprint density at radius 2 is 1.07 bits per heavy atom. The van der Waals surface area contributed by atoms with Crippen molar-refractivity contribution in [2.75, 3.05) is 45.9 Å². The molecular formula is C55H90N16O18. The summed E-state index contributed by atoms with van der Waals surface area (Å²) in [5.74, 6) is -13.1. The molecule has 0 aromatic heterocycles. The molecule has 1 aliphatic rings. The quantitative estimate of drug-likeness (QED) is 0.0270. The maximum atomic E-state index is 14.0. The summed E-state index contributed by atoms with van der Waals surface area (Å²) in [7, 11) is 0. The molecule has 34 nitrogen and oxygen atoms in total. The van der Waals surface area contributed by atoms with Gasteiger partial charge in [-0.1, -0.05) is 26.0 Å². The summed E-state index contributed by atoms with van der Waals surface area (Å²) in [5, 5.41) is 64.0. The highest BCUT2D eigenvalue weighted by Crippen LogP contribution is 2.18. The SMILES string of the molecule is CC(C)C[C@H](NC(=O)[C@H](CCCCN)NC(=O)[C@H](Cc1ccc(O)cc1)NC(=O)[C@@H](N)CCC(N)=O)C(=O)NCC(=O)N[C@@H](CO)C(=O)N[C@@H](CCCCN)C(=O)N[C@H](C(=O)NCC(=O)N1CCC[C@H]1C(=O)NCC(=O)N[C@@H](CCC(N)=O)C(=O)O)[C@@H](C)O. The second-order valence-electron chi connectivity index (χ2n) is 21.8. The van der Waals surface area contributed by atoms with Crippen LogP contribution in [0.1, 0.15) is 110 Å². The molecule has 0 saturated carbocycles. The number of carbonyl (C=O) groups is 14. The van der Waals surface area contributed by atoms with E-state index in [4.69, 9.17) is 28.7 Å². The second-order valence-corrected chi connectivity index (χ2v) is 21.8. The van der Waals surface area contributed by atoms with Gasteiger partial charge in [0.25, 0.3) is 0 Å². The van der Waals surface area contributed by atoms with Crippen molar-refractivity contribution >= 4 is 82.8 Å². The number of benzene rings is 1. The molecule has 1 aromatic rings. The number of unbranched alkanes of at least 4 members (excludes halogenated alkanes) is 2. The zero-order valence-electron chi connectivity index (χ0n) is 50.3. The minimum Gasteiger partial charge on any atom is -0.508 e. The zero-order valence-corrected chi connectivity index (χ0v) is 50.3. The number of nitrogens with zero attached hydrogens (tertiary/aromatic N) is 1. The number of nitrogens with one attached hydrogen (secondary N) is 10. The van der Waals surface area contributed by atoms with Crippen LogP contribution in [0.2, 0.25) is 0 Å². The highest BCUT2D eigenvalue weighted by atomic mass is 16.4. The minimum absolute atomic E-state index is 0.0185. The predicted octanol–water partition coefficient (Wildman–Crippen LogP) is -7.71. The first-order valence-electron chi connectivity index (χ1n) is 29.3. The molecule has 2 rings (SSSR count). The van der Waals surface area contributed by atoms with Gasteiger partial charge in [0.15, 0.2) is 0 Å². The van der Waals surface area contributed by atoms with E-state index >= 15 is 0 Å². The molecule has 24 N–H and O–H groups in total. The molecule has 498 valence electrons. The molecule has 0 radical (unpaired) electrons. The summed E-state index contributed by atoms with van der Waals surface area (Å²) in [5.41, 5.74) is 28.1. The van der Waals surface area contributed by atoms with Crippen molar-refractivity contribution in [1.29, 1.82) is 0 Å². The lowest BCUT2D eigenvalue weighted by Gasteiger charge is -2.27. The third-order valence-corrected chi connectivity index (χ3v) is 13.9. The Hall–Kier alpha value is -8.60. The van der Waals surface area contributed by atoms with Gasteiger partial charge in [-0.2, -0.15) is 0 Å². The summed E-state index contributed by atoms with van der Waals surface area (Å²) >= 11 is 0. The smallest absolute Gasteiger partial charge is 0.326 e. The normalized spacial score (nSPS) is 15.8. The van der Waals surface area contributed by atoms with Gasteiger partial charge in [-0.3, -0.25) is 62.3 Å². The van der Waals surface area contributed by atoms with Crippen LogP contribution in [0.3, 0.4) is 0 Å². The van der Waals surface area contributed by atoms with Crippen LogP contribution in [0.4, 0.5) is 0 Å². The van der Waals surface area contributed by atoms with E-state index in [-0.39, 0.29) is 95.5 Å². The summed E-state index contributed by atoms with van der Waals surface area (Å²) in [6, 6.07) is -6.95. The first kappa shape index (κ1) is 76.5. The third kappa shape index (κ3) is 28.9. The van der Waals surface area contributed by atoms with Crippen molar-refractivity contribution < 1.29 is 87.5 Å². The lowest BCUT2D eigenvalue weighted by Crippen LogP contribution is -2.60. The Morgan fingerprint density at radius 1 is 0.573 bits per heavy atom. The van der Waals surface area contributed by atoms with Crippen LogP contribution >= 0.6 is 0 Å². The van der Waals surface area contributed by atoms with Gasteiger partial charge in [0.1, 0.15) is 54.1 Å². The van der Waals surface area contributed by atoms with Crippen LogP contribution in [-0.4, -0.2) is 214 Å². The average molecular weight is 1260 g/mol. The van der Waals surface area contributed by atoms with Gasteiger partial charge in [-0.05, 0) is 114 Å². The Labute approximate surface area is 514 Å². The zero-order chi connectivity index (χ0) is 66.9. The number of aliphatic carboxylic acids is 1. The Morgan fingerprint density at radius 3 is 1.60 bits per heavy atom. The first-order valence-corrected chi connectivity index (χ1v) is 29.3. The molecule has 0 spiro atoms. The number of likely N-dealkylation sites (tertiary alicyclic amines) is 1. The van der Waals surface area contributed by atoms with Crippen LogP contribution in [-0.2, 0) is 73.5 Å². The maximum Gasteiger partial charge on any atom is 0.326 e. The molecule has 34 heteroatoms.